The van der Waals surface area contributed by atoms with Gasteiger partial charge in [0.05, 0.1) is 13.5 Å². The highest BCUT2D eigenvalue weighted by Crippen LogP contribution is 2.18. The lowest BCUT2D eigenvalue weighted by Gasteiger charge is -2.20. The number of carboxylic acid groups (broad SMARTS) is 1. The molecule has 0 spiro atoms. The van der Waals surface area contributed by atoms with E-state index in [1.54, 1.807) is 0 Å². The van der Waals surface area contributed by atoms with Crippen molar-refractivity contribution in [2.75, 3.05) is 20.7 Å². The minimum absolute atomic E-state index is 0.181. The Morgan fingerprint density at radius 1 is 1.33 bits per heavy atom. The van der Waals surface area contributed by atoms with Crippen molar-refractivity contribution in [3.05, 3.63) is 0 Å². The number of aliphatic carboxylic acids is 1. The summed E-state index contributed by atoms with van der Waals surface area (Å²) >= 11 is 0. The molecule has 0 saturated heterocycles. The van der Waals surface area contributed by atoms with Gasteiger partial charge < -0.3 is 25.4 Å². The van der Waals surface area contributed by atoms with Crippen molar-refractivity contribution in [2.24, 2.45) is 0 Å². The first-order chi connectivity index (χ1) is 9.83. The van der Waals surface area contributed by atoms with E-state index in [-0.39, 0.29) is 18.5 Å². The molecular formula is C12H19N3O6. The Kier molecular flexibility index (Phi) is 5.94. The maximum Gasteiger partial charge on any atom is 0.326 e. The van der Waals surface area contributed by atoms with Gasteiger partial charge in [0.1, 0.15) is 12.6 Å². The number of amides is 3. The summed E-state index contributed by atoms with van der Waals surface area (Å²) < 4.78 is 4.36. The predicted octanol–water partition coefficient (Wildman–Crippen LogP) is -1.08. The fraction of sp³-hybridized carbons (Fsp3) is 0.667. The molecule has 9 nitrogen and oxygen atoms in total. The molecule has 1 aliphatic carbocycles. The van der Waals surface area contributed by atoms with Crippen LogP contribution in [0.5, 0.6) is 0 Å². The SMILES string of the molecule is COC(=O)C[C@H](NC(=O)N(C)CC(=O)NC1CC1)C(=O)O. The van der Waals surface area contributed by atoms with Gasteiger partial charge in [0.2, 0.25) is 5.91 Å². The van der Waals surface area contributed by atoms with E-state index < -0.39 is 30.4 Å². The zero-order valence-corrected chi connectivity index (χ0v) is 11.9. The zero-order valence-electron chi connectivity index (χ0n) is 11.9. The number of esters is 1. The second-order valence-electron chi connectivity index (χ2n) is 4.82. The molecule has 1 saturated carbocycles. The Bertz CT molecular complexity index is 435. The number of hydrogen-bond donors (Lipinski definition) is 3. The summed E-state index contributed by atoms with van der Waals surface area (Å²) in [5, 5.41) is 13.8. The van der Waals surface area contributed by atoms with Crippen LogP contribution < -0.4 is 10.6 Å². The van der Waals surface area contributed by atoms with Crippen LogP contribution >= 0.6 is 0 Å². The quantitative estimate of drug-likeness (QED) is 0.514. The molecule has 1 atom stereocenters. The van der Waals surface area contributed by atoms with Crippen molar-refractivity contribution < 1.29 is 29.0 Å². The normalized spacial score (nSPS) is 14.8. The number of likely N-dealkylation sites (N-methyl/N-ethyl adjacent to an activating group) is 1. The Balaban J connectivity index is 2.44. The highest BCUT2D eigenvalue weighted by atomic mass is 16.5. The van der Waals surface area contributed by atoms with E-state index in [4.69, 9.17) is 5.11 Å². The third-order valence-electron chi connectivity index (χ3n) is 2.86. The minimum atomic E-state index is -1.40. The minimum Gasteiger partial charge on any atom is -0.480 e. The summed E-state index contributed by atoms with van der Waals surface area (Å²) in [4.78, 5) is 46.4. The van der Waals surface area contributed by atoms with Gasteiger partial charge in [-0.15, -0.1) is 0 Å². The number of nitrogens with one attached hydrogen (secondary N) is 2. The van der Waals surface area contributed by atoms with Crippen LogP contribution in [0, 0.1) is 0 Å². The molecule has 1 aliphatic rings. The van der Waals surface area contributed by atoms with Crippen LogP contribution in [0.15, 0.2) is 0 Å². The van der Waals surface area contributed by atoms with Crippen molar-refractivity contribution in [1.29, 1.82) is 0 Å². The fourth-order valence-corrected chi connectivity index (χ4v) is 1.50. The van der Waals surface area contributed by atoms with E-state index in [0.717, 1.165) is 24.9 Å². The summed E-state index contributed by atoms with van der Waals surface area (Å²) in [6, 6.07) is -1.98. The van der Waals surface area contributed by atoms with Crippen molar-refractivity contribution in [3.8, 4) is 0 Å². The highest BCUT2D eigenvalue weighted by molar-refractivity contribution is 5.88. The number of carbonyl (C=O) groups excluding carboxylic acids is 3. The lowest BCUT2D eigenvalue weighted by molar-refractivity contribution is -0.147. The van der Waals surface area contributed by atoms with Crippen LogP contribution in [0.3, 0.4) is 0 Å². The highest BCUT2D eigenvalue weighted by Gasteiger charge is 2.27. The van der Waals surface area contributed by atoms with Gasteiger partial charge in [-0.05, 0) is 12.8 Å². The average molecular weight is 301 g/mol. The van der Waals surface area contributed by atoms with Crippen LogP contribution in [0.1, 0.15) is 19.3 Å². The fourth-order valence-electron chi connectivity index (χ4n) is 1.50. The molecule has 3 N–H and O–H groups in total. The molecule has 0 radical (unpaired) electrons. The smallest absolute Gasteiger partial charge is 0.326 e. The van der Waals surface area contributed by atoms with Crippen molar-refractivity contribution in [3.63, 3.8) is 0 Å². The van der Waals surface area contributed by atoms with Gasteiger partial charge in [0.15, 0.2) is 0 Å². The number of rotatable bonds is 7. The third-order valence-corrected chi connectivity index (χ3v) is 2.86. The number of carbonyl (C=O) groups is 4. The van der Waals surface area contributed by atoms with Crippen LogP contribution in [-0.4, -0.2) is 66.7 Å². The first kappa shape index (κ1) is 16.7. The van der Waals surface area contributed by atoms with Crippen molar-refractivity contribution >= 4 is 23.9 Å². The number of urea groups is 1. The first-order valence-electron chi connectivity index (χ1n) is 6.44. The predicted molar refractivity (Wildman–Crippen MR) is 70.4 cm³/mol. The zero-order chi connectivity index (χ0) is 16.0. The van der Waals surface area contributed by atoms with Gasteiger partial charge in [0.25, 0.3) is 0 Å². The van der Waals surface area contributed by atoms with Crippen LogP contribution in [0.25, 0.3) is 0 Å². The van der Waals surface area contributed by atoms with E-state index in [0.29, 0.717) is 0 Å². The molecule has 0 aromatic carbocycles. The van der Waals surface area contributed by atoms with Gasteiger partial charge in [-0.2, -0.15) is 0 Å². The average Bonchev–Trinajstić information content (AvgIpc) is 3.20. The number of carboxylic acids is 1. The summed E-state index contributed by atoms with van der Waals surface area (Å²) in [6.07, 6.45) is 1.38. The lowest BCUT2D eigenvalue weighted by Crippen LogP contribution is -2.50. The van der Waals surface area contributed by atoms with Crippen molar-refractivity contribution in [1.82, 2.24) is 15.5 Å². The topological polar surface area (TPSA) is 125 Å². The molecular weight excluding hydrogens is 282 g/mol. The Labute approximate surface area is 121 Å². The maximum atomic E-state index is 11.8. The molecule has 9 heteroatoms. The molecule has 0 bridgehead atoms. The van der Waals surface area contributed by atoms with Gasteiger partial charge >= 0.3 is 18.0 Å². The monoisotopic (exact) mass is 301 g/mol. The molecule has 0 aliphatic heterocycles. The number of nitrogens with zero attached hydrogens (tertiary/aromatic N) is 1. The summed E-state index contributed by atoms with van der Waals surface area (Å²) in [5.74, 6) is -2.42. The molecule has 1 rings (SSSR count). The molecule has 0 aromatic heterocycles. The van der Waals surface area contributed by atoms with E-state index >= 15 is 0 Å². The van der Waals surface area contributed by atoms with E-state index in [2.05, 4.69) is 15.4 Å². The standard InChI is InChI=1S/C12H19N3O6/c1-15(6-9(16)13-7-3-4-7)12(20)14-8(11(18)19)5-10(17)21-2/h7-8H,3-6H2,1-2H3,(H,13,16)(H,14,20)(H,18,19)/t8-/m0/s1. The van der Waals surface area contributed by atoms with Crippen molar-refractivity contribution in [2.45, 2.75) is 31.3 Å². The lowest BCUT2D eigenvalue weighted by atomic mass is 10.2. The van der Waals surface area contributed by atoms with Gasteiger partial charge in [-0.1, -0.05) is 0 Å². The van der Waals surface area contributed by atoms with Gasteiger partial charge in [-0.25, -0.2) is 9.59 Å². The first-order valence-corrected chi connectivity index (χ1v) is 6.44. The Morgan fingerprint density at radius 2 is 1.95 bits per heavy atom. The molecule has 0 aromatic rings. The number of methoxy groups -OCH3 is 1. The maximum absolute atomic E-state index is 11.8. The van der Waals surface area contributed by atoms with E-state index in [1.165, 1.54) is 7.05 Å². The molecule has 3 amide bonds. The Morgan fingerprint density at radius 3 is 2.43 bits per heavy atom. The summed E-state index contributed by atoms with van der Waals surface area (Å²) in [5.41, 5.74) is 0. The summed E-state index contributed by atoms with van der Waals surface area (Å²) in [6.45, 7) is -0.188. The Hall–Kier alpha value is -2.32. The van der Waals surface area contributed by atoms with E-state index in [1.807, 2.05) is 0 Å². The molecule has 1 fully saturated rings. The number of ether oxygens (including phenoxy) is 1. The molecule has 0 heterocycles. The second-order valence-corrected chi connectivity index (χ2v) is 4.82. The summed E-state index contributed by atoms with van der Waals surface area (Å²) in [7, 11) is 2.48. The van der Waals surface area contributed by atoms with Crippen LogP contribution in [-0.2, 0) is 19.1 Å². The van der Waals surface area contributed by atoms with E-state index in [9.17, 15) is 19.2 Å². The molecule has 0 unspecified atom stereocenters. The van der Waals surface area contributed by atoms with Crippen LogP contribution in [0.4, 0.5) is 4.79 Å². The molecule has 21 heavy (non-hydrogen) atoms. The number of hydrogen-bond acceptors (Lipinski definition) is 5. The molecule has 118 valence electrons. The third kappa shape index (κ3) is 6.11. The van der Waals surface area contributed by atoms with Crippen LogP contribution in [0.2, 0.25) is 0 Å². The second kappa shape index (κ2) is 7.46. The largest absolute Gasteiger partial charge is 0.480 e. The van der Waals surface area contributed by atoms with Gasteiger partial charge in [0, 0.05) is 13.1 Å². The van der Waals surface area contributed by atoms with Gasteiger partial charge in [-0.3, -0.25) is 9.59 Å².